The van der Waals surface area contributed by atoms with E-state index in [2.05, 4.69) is 25.7 Å². The van der Waals surface area contributed by atoms with E-state index in [-0.39, 0.29) is 24.0 Å². The topological polar surface area (TPSA) is 87.4 Å². The molecule has 0 saturated carbocycles. The number of aliphatic hydroxyl groups is 1. The Labute approximate surface area is 166 Å². The number of guanidine groups is 1. The highest BCUT2D eigenvalue weighted by Gasteiger charge is 2.24. The van der Waals surface area contributed by atoms with Gasteiger partial charge in [-0.15, -0.1) is 24.0 Å². The minimum Gasteiger partial charge on any atom is -0.383 e. The van der Waals surface area contributed by atoms with Crippen LogP contribution in [0.25, 0.3) is 0 Å². The SMILES string of the molecule is CCNC(=NCc1cccc(C)n1)NCC(C)(O)c1cnn(C)c1.I. The quantitative estimate of drug-likeness (QED) is 0.349. The largest absolute Gasteiger partial charge is 0.383 e. The number of nitrogens with zero attached hydrogens (tertiary/aromatic N) is 4. The fourth-order valence-electron chi connectivity index (χ4n) is 2.25. The zero-order valence-corrected chi connectivity index (χ0v) is 17.5. The lowest BCUT2D eigenvalue weighted by atomic mass is 10.00. The van der Waals surface area contributed by atoms with E-state index in [0.29, 0.717) is 19.0 Å². The Morgan fingerprint density at radius 3 is 2.72 bits per heavy atom. The van der Waals surface area contributed by atoms with E-state index in [1.54, 1.807) is 17.8 Å². The molecule has 2 rings (SSSR count). The molecule has 0 aromatic carbocycles. The lowest BCUT2D eigenvalue weighted by Crippen LogP contribution is -2.44. The highest BCUT2D eigenvalue weighted by Crippen LogP contribution is 2.18. The van der Waals surface area contributed by atoms with E-state index in [4.69, 9.17) is 0 Å². The first-order valence-electron chi connectivity index (χ1n) is 8.07. The maximum atomic E-state index is 10.6. The second-order valence-electron chi connectivity index (χ2n) is 6.00. The third kappa shape index (κ3) is 6.62. The average molecular weight is 458 g/mol. The second-order valence-corrected chi connectivity index (χ2v) is 6.00. The zero-order valence-electron chi connectivity index (χ0n) is 15.2. The van der Waals surface area contributed by atoms with E-state index in [1.807, 2.05) is 45.3 Å². The van der Waals surface area contributed by atoms with Crippen LogP contribution in [0.3, 0.4) is 0 Å². The molecule has 138 valence electrons. The molecule has 8 heteroatoms. The molecule has 0 amide bonds. The normalized spacial score (nSPS) is 13.7. The number of pyridine rings is 1. The number of hydrogen-bond acceptors (Lipinski definition) is 4. The Morgan fingerprint density at radius 1 is 1.36 bits per heavy atom. The van der Waals surface area contributed by atoms with E-state index >= 15 is 0 Å². The van der Waals surface area contributed by atoms with Crippen LogP contribution in [0.1, 0.15) is 30.8 Å². The van der Waals surface area contributed by atoms with Crippen molar-refractivity contribution in [1.82, 2.24) is 25.4 Å². The molecule has 0 radical (unpaired) electrons. The van der Waals surface area contributed by atoms with Crippen molar-refractivity contribution in [1.29, 1.82) is 0 Å². The van der Waals surface area contributed by atoms with Crippen molar-refractivity contribution in [3.63, 3.8) is 0 Å². The second kappa shape index (κ2) is 9.71. The van der Waals surface area contributed by atoms with Gasteiger partial charge in [0.1, 0.15) is 5.60 Å². The summed E-state index contributed by atoms with van der Waals surface area (Å²) in [6.45, 7) is 7.26. The Hall–Kier alpha value is -1.68. The first kappa shape index (κ1) is 21.4. The van der Waals surface area contributed by atoms with E-state index in [9.17, 15) is 5.11 Å². The molecule has 1 unspecified atom stereocenters. The van der Waals surface area contributed by atoms with Crippen LogP contribution < -0.4 is 10.6 Å². The summed E-state index contributed by atoms with van der Waals surface area (Å²) in [6.07, 6.45) is 3.48. The first-order chi connectivity index (χ1) is 11.4. The fourth-order valence-corrected chi connectivity index (χ4v) is 2.25. The lowest BCUT2D eigenvalue weighted by molar-refractivity contribution is 0.0616. The zero-order chi connectivity index (χ0) is 17.6. The third-order valence-corrected chi connectivity index (χ3v) is 3.62. The first-order valence-corrected chi connectivity index (χ1v) is 8.07. The van der Waals surface area contributed by atoms with Gasteiger partial charge >= 0.3 is 0 Å². The molecule has 0 saturated heterocycles. The van der Waals surface area contributed by atoms with Gasteiger partial charge in [-0.2, -0.15) is 5.10 Å². The van der Waals surface area contributed by atoms with Gasteiger partial charge < -0.3 is 15.7 Å². The van der Waals surface area contributed by atoms with Crippen molar-refractivity contribution in [2.45, 2.75) is 32.9 Å². The monoisotopic (exact) mass is 458 g/mol. The number of hydrogen-bond donors (Lipinski definition) is 3. The summed E-state index contributed by atoms with van der Waals surface area (Å²) in [4.78, 5) is 8.97. The number of aryl methyl sites for hydroxylation is 2. The van der Waals surface area contributed by atoms with Gasteiger partial charge in [0.15, 0.2) is 5.96 Å². The molecule has 1 atom stereocenters. The minimum atomic E-state index is -1.04. The summed E-state index contributed by atoms with van der Waals surface area (Å²) in [5.41, 5.74) is 1.60. The van der Waals surface area contributed by atoms with E-state index in [0.717, 1.165) is 23.5 Å². The molecule has 0 spiro atoms. The maximum Gasteiger partial charge on any atom is 0.191 e. The third-order valence-electron chi connectivity index (χ3n) is 3.62. The summed E-state index contributed by atoms with van der Waals surface area (Å²) in [7, 11) is 1.83. The van der Waals surface area contributed by atoms with Crippen LogP contribution in [0.4, 0.5) is 0 Å². The molecule has 3 N–H and O–H groups in total. The highest BCUT2D eigenvalue weighted by molar-refractivity contribution is 14.0. The van der Waals surface area contributed by atoms with E-state index in [1.165, 1.54) is 0 Å². The molecular formula is C17H27IN6O. The Kier molecular flexibility index (Phi) is 8.30. The van der Waals surface area contributed by atoms with Crippen molar-refractivity contribution in [3.8, 4) is 0 Å². The van der Waals surface area contributed by atoms with Gasteiger partial charge in [0, 0.05) is 31.0 Å². The summed E-state index contributed by atoms with van der Waals surface area (Å²) < 4.78 is 1.67. The number of rotatable bonds is 6. The molecule has 2 aromatic heterocycles. The average Bonchev–Trinajstić information content (AvgIpc) is 2.98. The summed E-state index contributed by atoms with van der Waals surface area (Å²) >= 11 is 0. The molecule has 25 heavy (non-hydrogen) atoms. The van der Waals surface area contributed by atoms with Crippen molar-refractivity contribution < 1.29 is 5.11 Å². The lowest BCUT2D eigenvalue weighted by Gasteiger charge is -2.23. The molecule has 0 aliphatic carbocycles. The van der Waals surface area contributed by atoms with Gasteiger partial charge in [-0.25, -0.2) is 4.99 Å². The van der Waals surface area contributed by atoms with Gasteiger partial charge in [-0.05, 0) is 32.9 Å². The summed E-state index contributed by atoms with van der Waals surface area (Å²) in [5, 5.41) is 21.1. The number of halogens is 1. The van der Waals surface area contributed by atoms with Crippen LogP contribution in [0.15, 0.2) is 35.6 Å². The maximum absolute atomic E-state index is 10.6. The van der Waals surface area contributed by atoms with Gasteiger partial charge in [-0.1, -0.05) is 6.07 Å². The fraction of sp³-hybridized carbons (Fsp3) is 0.471. The number of aromatic nitrogens is 3. The van der Waals surface area contributed by atoms with Gasteiger partial charge in [0.2, 0.25) is 0 Å². The van der Waals surface area contributed by atoms with Crippen molar-refractivity contribution in [3.05, 3.63) is 47.5 Å². The Morgan fingerprint density at radius 2 is 2.12 bits per heavy atom. The van der Waals surface area contributed by atoms with Crippen molar-refractivity contribution in [2.75, 3.05) is 13.1 Å². The highest BCUT2D eigenvalue weighted by atomic mass is 127. The van der Waals surface area contributed by atoms with Crippen LogP contribution in [0.5, 0.6) is 0 Å². The standard InChI is InChI=1S/C17H26N6O.HI/c1-5-18-16(19-10-15-8-6-7-13(2)22-15)20-12-17(3,24)14-9-21-23(4)11-14;/h6-9,11,24H,5,10,12H2,1-4H3,(H2,18,19,20);1H. The summed E-state index contributed by atoms with van der Waals surface area (Å²) in [5.74, 6) is 0.643. The predicted octanol–water partition coefficient (Wildman–Crippen LogP) is 1.70. The van der Waals surface area contributed by atoms with Crippen LogP contribution in [0, 0.1) is 6.92 Å². The molecule has 0 fully saturated rings. The van der Waals surface area contributed by atoms with Gasteiger partial charge in [0.05, 0.1) is 25.0 Å². The molecule has 7 nitrogen and oxygen atoms in total. The molecule has 0 aliphatic heterocycles. The van der Waals surface area contributed by atoms with Crippen molar-refractivity contribution in [2.24, 2.45) is 12.0 Å². The summed E-state index contributed by atoms with van der Waals surface area (Å²) in [6, 6.07) is 5.88. The Bertz CT molecular complexity index is 698. The molecule has 0 bridgehead atoms. The number of nitrogens with one attached hydrogen (secondary N) is 2. The molecule has 2 heterocycles. The van der Waals surface area contributed by atoms with Crippen molar-refractivity contribution >= 4 is 29.9 Å². The molecule has 0 aliphatic rings. The Balaban J connectivity index is 0.00000312. The van der Waals surface area contributed by atoms with Gasteiger partial charge in [0.25, 0.3) is 0 Å². The van der Waals surface area contributed by atoms with Crippen LogP contribution >= 0.6 is 24.0 Å². The minimum absolute atomic E-state index is 0. The molecule has 2 aromatic rings. The number of aliphatic imine (C=N–C) groups is 1. The predicted molar refractivity (Wildman–Crippen MR) is 110 cm³/mol. The molecular weight excluding hydrogens is 431 g/mol. The van der Waals surface area contributed by atoms with Crippen LogP contribution in [0.2, 0.25) is 0 Å². The van der Waals surface area contributed by atoms with Crippen LogP contribution in [-0.4, -0.2) is 38.9 Å². The van der Waals surface area contributed by atoms with E-state index < -0.39 is 5.60 Å². The van der Waals surface area contributed by atoms with Crippen LogP contribution in [-0.2, 0) is 19.2 Å². The van der Waals surface area contributed by atoms with Gasteiger partial charge in [-0.3, -0.25) is 9.67 Å². The smallest absolute Gasteiger partial charge is 0.191 e.